The lowest BCUT2D eigenvalue weighted by Crippen LogP contribution is -2.45. The van der Waals surface area contributed by atoms with Crippen LogP contribution in [0.1, 0.15) is 76.6 Å². The number of amides is 2. The SMILES string of the molecule is CC1CCCC(NC(=O)COC(=O)c2ccccc2SCC(=O)NC2CCCC(C)C2C)C1C. The molecule has 0 radical (unpaired) electrons. The van der Waals surface area contributed by atoms with Gasteiger partial charge >= 0.3 is 5.97 Å². The molecule has 0 heterocycles. The Hall–Kier alpha value is -2.02. The third-order valence-electron chi connectivity index (χ3n) is 7.91. The zero-order valence-electron chi connectivity index (χ0n) is 21.0. The van der Waals surface area contributed by atoms with Crippen molar-refractivity contribution in [1.29, 1.82) is 0 Å². The number of ether oxygens (including phenoxy) is 1. The van der Waals surface area contributed by atoms with Gasteiger partial charge in [-0.2, -0.15) is 0 Å². The van der Waals surface area contributed by atoms with Crippen molar-refractivity contribution >= 4 is 29.5 Å². The first-order valence-corrected chi connectivity index (χ1v) is 13.7. The zero-order chi connectivity index (χ0) is 24.7. The van der Waals surface area contributed by atoms with Crippen molar-refractivity contribution in [2.45, 2.75) is 83.2 Å². The molecule has 7 heteroatoms. The summed E-state index contributed by atoms with van der Waals surface area (Å²) in [7, 11) is 0. The lowest BCUT2D eigenvalue weighted by atomic mass is 9.78. The van der Waals surface area contributed by atoms with Gasteiger partial charge in [0.25, 0.3) is 5.91 Å². The molecule has 1 aromatic rings. The summed E-state index contributed by atoms with van der Waals surface area (Å²) in [5.41, 5.74) is 0.382. The molecule has 0 aliphatic heterocycles. The van der Waals surface area contributed by atoms with E-state index in [4.69, 9.17) is 4.74 Å². The highest BCUT2D eigenvalue weighted by Crippen LogP contribution is 2.31. The van der Waals surface area contributed by atoms with E-state index >= 15 is 0 Å². The van der Waals surface area contributed by atoms with Crippen molar-refractivity contribution in [3.8, 4) is 0 Å². The smallest absolute Gasteiger partial charge is 0.339 e. The monoisotopic (exact) mass is 488 g/mol. The first kappa shape index (κ1) is 26.6. The molecule has 1 aromatic carbocycles. The van der Waals surface area contributed by atoms with Crippen LogP contribution in [0.25, 0.3) is 0 Å². The lowest BCUT2D eigenvalue weighted by molar-refractivity contribution is -0.125. The maximum atomic E-state index is 12.7. The number of thioether (sulfide) groups is 1. The summed E-state index contributed by atoms with van der Waals surface area (Å²) in [6, 6.07) is 7.43. The summed E-state index contributed by atoms with van der Waals surface area (Å²) in [5.74, 6) is 1.48. The Bertz CT molecular complexity index is 861. The normalized spacial score (nSPS) is 29.2. The molecular formula is C27H40N2O4S. The van der Waals surface area contributed by atoms with Gasteiger partial charge in [0.1, 0.15) is 0 Å². The largest absolute Gasteiger partial charge is 0.452 e. The van der Waals surface area contributed by atoms with Gasteiger partial charge in [0.2, 0.25) is 5.91 Å². The molecule has 2 fully saturated rings. The molecule has 0 saturated heterocycles. The van der Waals surface area contributed by atoms with E-state index in [2.05, 4.69) is 38.3 Å². The highest BCUT2D eigenvalue weighted by atomic mass is 32.2. The number of carbonyl (C=O) groups excluding carboxylic acids is 3. The standard InChI is InChI=1S/C27H40N2O4S/c1-17-9-7-12-22(19(17)3)28-25(30)15-33-27(32)21-11-5-6-14-24(21)34-16-26(31)29-23-13-8-10-18(2)20(23)4/h5-6,11,14,17-20,22-23H,7-10,12-13,15-16H2,1-4H3,(H,28,30)(H,29,31). The second-order valence-corrected chi connectivity index (χ2v) is 11.3. The highest BCUT2D eigenvalue weighted by Gasteiger charge is 2.29. The Morgan fingerprint density at radius 3 is 2.03 bits per heavy atom. The number of esters is 1. The van der Waals surface area contributed by atoms with Crippen LogP contribution in [0.15, 0.2) is 29.2 Å². The summed E-state index contributed by atoms with van der Waals surface area (Å²) in [4.78, 5) is 38.3. The zero-order valence-corrected chi connectivity index (χ0v) is 21.8. The van der Waals surface area contributed by atoms with Gasteiger partial charge in [0.15, 0.2) is 6.61 Å². The topological polar surface area (TPSA) is 84.5 Å². The molecule has 34 heavy (non-hydrogen) atoms. The van der Waals surface area contributed by atoms with E-state index in [1.54, 1.807) is 12.1 Å². The molecule has 2 N–H and O–H groups in total. The van der Waals surface area contributed by atoms with E-state index in [-0.39, 0.29) is 36.3 Å². The van der Waals surface area contributed by atoms with E-state index in [1.165, 1.54) is 24.6 Å². The molecule has 6 nitrogen and oxygen atoms in total. The highest BCUT2D eigenvalue weighted by molar-refractivity contribution is 8.00. The minimum absolute atomic E-state index is 0.0191. The molecule has 0 bridgehead atoms. The fourth-order valence-corrected chi connectivity index (χ4v) is 6.03. The van der Waals surface area contributed by atoms with Crippen LogP contribution in [0, 0.1) is 23.7 Å². The van der Waals surface area contributed by atoms with Crippen molar-refractivity contribution in [3.05, 3.63) is 29.8 Å². The predicted octanol–water partition coefficient (Wildman–Crippen LogP) is 4.82. The van der Waals surface area contributed by atoms with E-state index in [0.717, 1.165) is 25.7 Å². The van der Waals surface area contributed by atoms with E-state index < -0.39 is 5.97 Å². The first-order valence-electron chi connectivity index (χ1n) is 12.7. The van der Waals surface area contributed by atoms with Gasteiger partial charge in [-0.15, -0.1) is 11.8 Å². The molecule has 2 saturated carbocycles. The van der Waals surface area contributed by atoms with E-state index in [1.807, 2.05) is 12.1 Å². The van der Waals surface area contributed by atoms with Crippen molar-refractivity contribution in [2.75, 3.05) is 12.4 Å². The van der Waals surface area contributed by atoms with Gasteiger partial charge in [0, 0.05) is 17.0 Å². The minimum atomic E-state index is -0.543. The van der Waals surface area contributed by atoms with Crippen LogP contribution >= 0.6 is 11.8 Å². The number of nitrogens with one attached hydrogen (secondary N) is 2. The average Bonchev–Trinajstić information content (AvgIpc) is 2.82. The third kappa shape index (κ3) is 7.24. The Morgan fingerprint density at radius 1 is 0.853 bits per heavy atom. The number of rotatable bonds is 8. The maximum absolute atomic E-state index is 12.7. The Labute approximate surface area is 208 Å². The summed E-state index contributed by atoms with van der Waals surface area (Å²) >= 11 is 1.32. The minimum Gasteiger partial charge on any atom is -0.452 e. The lowest BCUT2D eigenvalue weighted by Gasteiger charge is -2.34. The van der Waals surface area contributed by atoms with Crippen molar-refractivity contribution in [3.63, 3.8) is 0 Å². The molecule has 0 spiro atoms. The van der Waals surface area contributed by atoms with E-state index in [0.29, 0.717) is 34.1 Å². The van der Waals surface area contributed by atoms with Gasteiger partial charge in [-0.05, 0) is 48.6 Å². The number of carbonyl (C=O) groups is 3. The molecule has 188 valence electrons. The van der Waals surface area contributed by atoms with Crippen LogP contribution in [-0.2, 0) is 14.3 Å². The van der Waals surface area contributed by atoms with Gasteiger partial charge in [-0.1, -0.05) is 65.5 Å². The fourth-order valence-electron chi connectivity index (χ4n) is 5.18. The quantitative estimate of drug-likeness (QED) is 0.405. The maximum Gasteiger partial charge on any atom is 0.339 e. The first-order chi connectivity index (χ1) is 16.3. The molecule has 6 unspecified atom stereocenters. The molecule has 0 aromatic heterocycles. The summed E-state index contributed by atoms with van der Waals surface area (Å²) < 4.78 is 5.32. The molecular weight excluding hydrogens is 448 g/mol. The third-order valence-corrected chi connectivity index (χ3v) is 8.98. The van der Waals surface area contributed by atoms with Crippen molar-refractivity contribution in [1.82, 2.24) is 10.6 Å². The van der Waals surface area contributed by atoms with E-state index in [9.17, 15) is 14.4 Å². The number of hydrogen-bond donors (Lipinski definition) is 2. The Kier molecular flexibility index (Phi) is 9.86. The molecule has 2 amide bonds. The molecule has 2 aliphatic carbocycles. The van der Waals surface area contributed by atoms with Gasteiger partial charge in [0.05, 0.1) is 11.3 Å². The van der Waals surface area contributed by atoms with Crippen molar-refractivity contribution in [2.24, 2.45) is 23.7 Å². The van der Waals surface area contributed by atoms with Crippen LogP contribution < -0.4 is 10.6 Å². The van der Waals surface area contributed by atoms with Crippen molar-refractivity contribution < 1.29 is 19.1 Å². The number of benzene rings is 1. The summed E-state index contributed by atoms with van der Waals surface area (Å²) in [6.45, 7) is 8.54. The van der Waals surface area contributed by atoms with Crippen LogP contribution in [0.5, 0.6) is 0 Å². The molecule has 3 rings (SSSR count). The van der Waals surface area contributed by atoms with Gasteiger partial charge in [-0.3, -0.25) is 9.59 Å². The second-order valence-electron chi connectivity index (χ2n) is 10.2. The predicted molar refractivity (Wildman–Crippen MR) is 136 cm³/mol. The molecule has 6 atom stereocenters. The number of hydrogen-bond acceptors (Lipinski definition) is 5. The Morgan fingerprint density at radius 2 is 1.41 bits per heavy atom. The average molecular weight is 489 g/mol. The van der Waals surface area contributed by atoms with Gasteiger partial charge in [-0.25, -0.2) is 4.79 Å². The van der Waals surface area contributed by atoms with Crippen LogP contribution in [-0.4, -0.2) is 42.2 Å². The molecule has 2 aliphatic rings. The van der Waals surface area contributed by atoms with Crippen LogP contribution in [0.3, 0.4) is 0 Å². The second kappa shape index (κ2) is 12.6. The van der Waals surface area contributed by atoms with Crippen LogP contribution in [0.2, 0.25) is 0 Å². The fraction of sp³-hybridized carbons (Fsp3) is 0.667. The summed E-state index contributed by atoms with van der Waals surface area (Å²) in [6.07, 6.45) is 6.64. The Balaban J connectivity index is 1.48. The van der Waals surface area contributed by atoms with Crippen LogP contribution in [0.4, 0.5) is 0 Å². The van der Waals surface area contributed by atoms with Gasteiger partial charge < -0.3 is 15.4 Å². The summed E-state index contributed by atoms with van der Waals surface area (Å²) in [5, 5.41) is 6.21.